The Kier molecular flexibility index (Phi) is 7.53. The number of rotatable bonds is 8. The highest BCUT2D eigenvalue weighted by Crippen LogP contribution is 2.29. The van der Waals surface area contributed by atoms with Crippen molar-refractivity contribution in [3.8, 4) is 0 Å². The molecule has 1 aromatic rings. The smallest absolute Gasteiger partial charge is 0.347 e. The molecular weight excluding hydrogens is 311 g/mol. The van der Waals surface area contributed by atoms with Crippen LogP contribution in [0.25, 0.3) is 0 Å². The molecule has 0 radical (unpaired) electrons. The number of carbonyl (C=O) groups excluding carboxylic acids is 2. The van der Waals surface area contributed by atoms with Gasteiger partial charge in [-0.3, -0.25) is 9.59 Å². The van der Waals surface area contributed by atoms with Crippen LogP contribution < -0.4 is 16.4 Å². The van der Waals surface area contributed by atoms with Gasteiger partial charge in [0.25, 0.3) is 0 Å². The van der Waals surface area contributed by atoms with Crippen LogP contribution in [0, 0.1) is 0 Å². The van der Waals surface area contributed by atoms with E-state index in [1.54, 1.807) is 0 Å². The fourth-order valence-electron chi connectivity index (χ4n) is 1.82. The number of unbranched alkanes of at least 4 members (excludes halogenated alkanes) is 2. The monoisotopic (exact) mass is 331 g/mol. The predicted octanol–water partition coefficient (Wildman–Crippen LogP) is 2.28. The van der Waals surface area contributed by atoms with Crippen LogP contribution >= 0.6 is 0 Å². The third-order valence-electron chi connectivity index (χ3n) is 3.05. The lowest BCUT2D eigenvalue weighted by Gasteiger charge is -2.09. The van der Waals surface area contributed by atoms with Gasteiger partial charge in [0.15, 0.2) is 0 Å². The average Bonchev–Trinajstić information content (AvgIpc) is 2.49. The summed E-state index contributed by atoms with van der Waals surface area (Å²) in [5.74, 6) is -0.746. The zero-order valence-electron chi connectivity index (χ0n) is 12.6. The number of amides is 2. The van der Waals surface area contributed by atoms with Crippen LogP contribution in [0.15, 0.2) is 24.3 Å². The Morgan fingerprint density at radius 1 is 1.00 bits per heavy atom. The van der Waals surface area contributed by atoms with Gasteiger partial charge in [0.1, 0.15) is 0 Å². The highest BCUT2D eigenvalue weighted by atomic mass is 19.4. The Morgan fingerprint density at radius 3 is 2.22 bits per heavy atom. The molecular formula is C15H20F3N3O2. The molecule has 1 aromatic carbocycles. The molecule has 4 N–H and O–H groups in total. The molecule has 0 fully saturated rings. The number of hydrogen-bond acceptors (Lipinski definition) is 3. The fourth-order valence-corrected chi connectivity index (χ4v) is 1.82. The molecule has 0 aromatic heterocycles. The van der Waals surface area contributed by atoms with Crippen LogP contribution in [0.2, 0.25) is 0 Å². The van der Waals surface area contributed by atoms with E-state index in [0.717, 1.165) is 37.1 Å². The van der Waals surface area contributed by atoms with Crippen molar-refractivity contribution in [2.45, 2.75) is 31.9 Å². The van der Waals surface area contributed by atoms with E-state index in [0.29, 0.717) is 19.4 Å². The summed E-state index contributed by atoms with van der Waals surface area (Å²) in [5.41, 5.74) is 4.78. The van der Waals surface area contributed by atoms with Gasteiger partial charge in [-0.1, -0.05) is 6.42 Å². The number of anilines is 1. The standard InChI is InChI=1S/C15H20F3N3O2/c16-15(17,18)11-5-7-12(8-6-11)21-14(23)10-20-13(22)4-2-1-3-9-19/h5-8H,1-4,9-10,19H2,(H,20,22)(H,21,23). The first-order valence-corrected chi connectivity index (χ1v) is 7.27. The molecule has 0 aliphatic rings. The number of halogens is 3. The van der Waals surface area contributed by atoms with Crippen LogP contribution in [-0.2, 0) is 15.8 Å². The van der Waals surface area contributed by atoms with Gasteiger partial charge in [-0.05, 0) is 43.7 Å². The van der Waals surface area contributed by atoms with Crippen molar-refractivity contribution in [1.82, 2.24) is 5.32 Å². The van der Waals surface area contributed by atoms with Gasteiger partial charge in [0.05, 0.1) is 12.1 Å². The minimum atomic E-state index is -4.42. The van der Waals surface area contributed by atoms with Crippen LogP contribution in [0.5, 0.6) is 0 Å². The van der Waals surface area contributed by atoms with E-state index in [9.17, 15) is 22.8 Å². The van der Waals surface area contributed by atoms with Crippen molar-refractivity contribution in [3.05, 3.63) is 29.8 Å². The Morgan fingerprint density at radius 2 is 1.65 bits per heavy atom. The zero-order chi connectivity index (χ0) is 17.3. The molecule has 0 unspecified atom stereocenters. The third kappa shape index (κ3) is 7.64. The van der Waals surface area contributed by atoms with Crippen LogP contribution in [0.4, 0.5) is 18.9 Å². The number of hydrogen-bond donors (Lipinski definition) is 3. The topological polar surface area (TPSA) is 84.2 Å². The first-order chi connectivity index (χ1) is 10.8. The lowest BCUT2D eigenvalue weighted by molar-refractivity contribution is -0.137. The Balaban J connectivity index is 2.32. The van der Waals surface area contributed by atoms with Gasteiger partial charge in [-0.2, -0.15) is 13.2 Å². The molecule has 0 aliphatic heterocycles. The molecule has 1 rings (SSSR count). The zero-order valence-corrected chi connectivity index (χ0v) is 12.6. The summed E-state index contributed by atoms with van der Waals surface area (Å²) in [6, 6.07) is 4.09. The Hall–Kier alpha value is -2.09. The molecule has 0 heterocycles. The van der Waals surface area contributed by atoms with Gasteiger partial charge in [-0.15, -0.1) is 0 Å². The molecule has 0 aliphatic carbocycles. The first kappa shape index (κ1) is 19.0. The Labute approximate surface area is 132 Å². The molecule has 0 saturated carbocycles. The van der Waals surface area contributed by atoms with E-state index >= 15 is 0 Å². The van der Waals surface area contributed by atoms with Gasteiger partial charge in [0, 0.05) is 12.1 Å². The van der Waals surface area contributed by atoms with Crippen molar-refractivity contribution >= 4 is 17.5 Å². The van der Waals surface area contributed by atoms with Crippen molar-refractivity contribution in [2.75, 3.05) is 18.4 Å². The summed E-state index contributed by atoms with van der Waals surface area (Å²) in [5, 5.41) is 4.87. The largest absolute Gasteiger partial charge is 0.416 e. The lowest BCUT2D eigenvalue weighted by atomic mass is 10.2. The molecule has 0 atom stereocenters. The second-order valence-corrected chi connectivity index (χ2v) is 5.00. The molecule has 128 valence electrons. The normalized spacial score (nSPS) is 11.1. The maximum atomic E-state index is 12.4. The predicted molar refractivity (Wildman–Crippen MR) is 80.6 cm³/mol. The van der Waals surface area contributed by atoms with E-state index < -0.39 is 17.6 Å². The average molecular weight is 331 g/mol. The molecule has 5 nitrogen and oxygen atoms in total. The number of benzene rings is 1. The van der Waals surface area contributed by atoms with Crippen molar-refractivity contribution in [2.24, 2.45) is 5.73 Å². The van der Waals surface area contributed by atoms with E-state index in [2.05, 4.69) is 10.6 Å². The van der Waals surface area contributed by atoms with Gasteiger partial charge >= 0.3 is 6.18 Å². The number of alkyl halides is 3. The second-order valence-electron chi connectivity index (χ2n) is 5.00. The van der Waals surface area contributed by atoms with E-state index in [-0.39, 0.29) is 18.1 Å². The molecule has 8 heteroatoms. The van der Waals surface area contributed by atoms with Gasteiger partial charge < -0.3 is 16.4 Å². The minimum Gasteiger partial charge on any atom is -0.347 e. The van der Waals surface area contributed by atoms with Crippen LogP contribution in [0.1, 0.15) is 31.2 Å². The quantitative estimate of drug-likeness (QED) is 0.639. The van der Waals surface area contributed by atoms with Crippen molar-refractivity contribution in [1.29, 1.82) is 0 Å². The minimum absolute atomic E-state index is 0.225. The maximum Gasteiger partial charge on any atom is 0.416 e. The van der Waals surface area contributed by atoms with Crippen LogP contribution in [0.3, 0.4) is 0 Å². The maximum absolute atomic E-state index is 12.4. The highest BCUT2D eigenvalue weighted by molar-refractivity contribution is 5.94. The summed E-state index contributed by atoms with van der Waals surface area (Å²) >= 11 is 0. The SMILES string of the molecule is NCCCCCC(=O)NCC(=O)Nc1ccc(C(F)(F)F)cc1. The summed E-state index contributed by atoms with van der Waals surface area (Å²) in [4.78, 5) is 23.1. The second kappa shape index (κ2) is 9.14. The summed E-state index contributed by atoms with van der Waals surface area (Å²) < 4.78 is 37.2. The molecule has 23 heavy (non-hydrogen) atoms. The number of carbonyl (C=O) groups is 2. The molecule has 2 amide bonds. The van der Waals surface area contributed by atoms with Crippen molar-refractivity contribution < 1.29 is 22.8 Å². The van der Waals surface area contributed by atoms with E-state index in [1.165, 1.54) is 0 Å². The number of nitrogens with two attached hydrogens (primary N) is 1. The molecule has 0 saturated heterocycles. The summed E-state index contributed by atoms with van der Waals surface area (Å²) in [6.07, 6.45) is -1.71. The van der Waals surface area contributed by atoms with E-state index in [4.69, 9.17) is 5.73 Å². The van der Waals surface area contributed by atoms with Crippen LogP contribution in [-0.4, -0.2) is 24.9 Å². The Bertz CT molecular complexity index is 516. The molecule has 0 spiro atoms. The van der Waals surface area contributed by atoms with Gasteiger partial charge in [0.2, 0.25) is 11.8 Å². The summed E-state index contributed by atoms with van der Waals surface area (Å²) in [6.45, 7) is 0.355. The highest BCUT2D eigenvalue weighted by Gasteiger charge is 2.29. The molecule has 0 bridgehead atoms. The first-order valence-electron chi connectivity index (χ1n) is 7.27. The third-order valence-corrected chi connectivity index (χ3v) is 3.05. The van der Waals surface area contributed by atoms with E-state index in [1.807, 2.05) is 0 Å². The lowest BCUT2D eigenvalue weighted by Crippen LogP contribution is -2.32. The van der Waals surface area contributed by atoms with Gasteiger partial charge in [-0.25, -0.2) is 0 Å². The van der Waals surface area contributed by atoms with Crippen molar-refractivity contribution in [3.63, 3.8) is 0 Å². The number of nitrogens with one attached hydrogen (secondary N) is 2. The fraction of sp³-hybridized carbons (Fsp3) is 0.467. The summed E-state index contributed by atoms with van der Waals surface area (Å²) in [7, 11) is 0.